The van der Waals surface area contributed by atoms with Gasteiger partial charge in [0.2, 0.25) is 0 Å². The van der Waals surface area contributed by atoms with Crippen molar-refractivity contribution in [2.75, 3.05) is 6.61 Å². The van der Waals surface area contributed by atoms with Crippen LogP contribution in [0, 0.1) is 0 Å². The van der Waals surface area contributed by atoms with Gasteiger partial charge < -0.3 is 25.0 Å². The molecule has 1 fully saturated rings. The first-order valence-corrected chi connectivity index (χ1v) is 8.04. The number of carbonyl (C=O) groups excluding carboxylic acids is 2. The van der Waals surface area contributed by atoms with Crippen LogP contribution in [0.15, 0.2) is 42.6 Å². The average molecular weight is 348 g/mol. The molecule has 8 nitrogen and oxygen atoms in total. The van der Waals surface area contributed by atoms with Crippen molar-refractivity contribution in [3.05, 3.63) is 48.2 Å². The third kappa shape index (κ3) is 4.16. The number of benzene rings is 1. The van der Waals surface area contributed by atoms with Crippen LogP contribution >= 0.6 is 0 Å². The summed E-state index contributed by atoms with van der Waals surface area (Å²) in [5.74, 6) is -0.461. The van der Waals surface area contributed by atoms with Crippen molar-refractivity contribution in [2.24, 2.45) is 0 Å². The lowest BCUT2D eigenvalue weighted by molar-refractivity contribution is -0.149. The van der Waals surface area contributed by atoms with E-state index in [4.69, 9.17) is 9.47 Å². The minimum atomic E-state index is -1.05. The Morgan fingerprint density at radius 2 is 2.08 bits per heavy atom. The Bertz CT molecular complexity index is 650. The van der Waals surface area contributed by atoms with Crippen LogP contribution in [0.25, 0.3) is 0 Å². The van der Waals surface area contributed by atoms with Gasteiger partial charge in [0.1, 0.15) is 18.6 Å². The molecule has 0 saturated carbocycles. The Balaban J connectivity index is 1.69. The first kappa shape index (κ1) is 17.4. The van der Waals surface area contributed by atoms with Crippen LogP contribution in [0.4, 0.5) is 4.79 Å². The molecule has 2 aliphatic rings. The number of nitrogens with one attached hydrogen (secondary N) is 1. The fourth-order valence-electron chi connectivity index (χ4n) is 2.85. The molecule has 134 valence electrons. The van der Waals surface area contributed by atoms with Crippen LogP contribution in [0.3, 0.4) is 0 Å². The number of amides is 2. The Morgan fingerprint density at radius 3 is 2.76 bits per heavy atom. The summed E-state index contributed by atoms with van der Waals surface area (Å²) in [6.45, 7) is -0.252. The maximum Gasteiger partial charge on any atom is 0.338 e. The molecular weight excluding hydrogens is 328 g/mol. The van der Waals surface area contributed by atoms with Crippen LogP contribution in [0.5, 0.6) is 0 Å². The van der Waals surface area contributed by atoms with Gasteiger partial charge in [-0.2, -0.15) is 0 Å². The van der Waals surface area contributed by atoms with Gasteiger partial charge in [-0.3, -0.25) is 4.90 Å². The molecule has 1 aromatic carbocycles. The van der Waals surface area contributed by atoms with Gasteiger partial charge in [-0.1, -0.05) is 18.2 Å². The first-order chi connectivity index (χ1) is 12.1. The summed E-state index contributed by atoms with van der Waals surface area (Å²) in [6, 6.07) is 8.09. The maximum atomic E-state index is 12.2. The molecule has 3 rings (SSSR count). The van der Waals surface area contributed by atoms with E-state index in [9.17, 15) is 19.8 Å². The topological polar surface area (TPSA) is 108 Å². The Morgan fingerprint density at radius 1 is 1.32 bits per heavy atom. The van der Waals surface area contributed by atoms with Crippen LogP contribution in [-0.4, -0.2) is 58.4 Å². The van der Waals surface area contributed by atoms with Crippen molar-refractivity contribution < 1.29 is 29.3 Å². The third-order valence-corrected chi connectivity index (χ3v) is 4.07. The molecule has 3 N–H and O–H groups in total. The van der Waals surface area contributed by atoms with Gasteiger partial charge in [-0.05, 0) is 18.2 Å². The van der Waals surface area contributed by atoms with E-state index >= 15 is 0 Å². The molecule has 2 amide bonds. The molecule has 0 bridgehead atoms. The Kier molecular flexibility index (Phi) is 5.32. The molecule has 2 heterocycles. The lowest BCUT2D eigenvalue weighted by atomic mass is 10.0. The number of urea groups is 1. The smallest absolute Gasteiger partial charge is 0.338 e. The van der Waals surface area contributed by atoms with Crippen molar-refractivity contribution >= 4 is 12.0 Å². The summed E-state index contributed by atoms with van der Waals surface area (Å²) in [5.41, 5.74) is 0.435. The number of nitrogens with zero attached hydrogens (tertiary/aromatic N) is 1. The van der Waals surface area contributed by atoms with Crippen molar-refractivity contribution in [3.63, 3.8) is 0 Å². The number of aliphatic hydroxyl groups excluding tert-OH is 2. The van der Waals surface area contributed by atoms with Crippen molar-refractivity contribution in [2.45, 2.75) is 37.5 Å². The molecule has 1 saturated heterocycles. The Hall–Kier alpha value is -2.42. The van der Waals surface area contributed by atoms with Gasteiger partial charge >= 0.3 is 12.0 Å². The third-order valence-electron chi connectivity index (χ3n) is 4.07. The number of rotatable bonds is 4. The molecule has 0 spiro atoms. The van der Waals surface area contributed by atoms with E-state index in [0.717, 1.165) is 0 Å². The number of aliphatic hydroxyl groups is 2. The molecule has 0 aliphatic carbocycles. The largest absolute Gasteiger partial charge is 0.458 e. The highest BCUT2D eigenvalue weighted by atomic mass is 16.6. The van der Waals surface area contributed by atoms with E-state index in [0.29, 0.717) is 12.0 Å². The first-order valence-electron chi connectivity index (χ1n) is 8.04. The van der Waals surface area contributed by atoms with Gasteiger partial charge in [0.05, 0.1) is 18.3 Å². The van der Waals surface area contributed by atoms with E-state index < -0.39 is 36.7 Å². The molecule has 4 unspecified atom stereocenters. The van der Waals surface area contributed by atoms with E-state index in [-0.39, 0.29) is 13.0 Å². The summed E-state index contributed by atoms with van der Waals surface area (Å²) < 4.78 is 11.2. The minimum Gasteiger partial charge on any atom is -0.458 e. The predicted octanol–water partition coefficient (Wildman–Crippen LogP) is 0.567. The second kappa shape index (κ2) is 7.64. The minimum absolute atomic E-state index is 0.252. The quantitative estimate of drug-likeness (QED) is 0.687. The summed E-state index contributed by atoms with van der Waals surface area (Å²) in [4.78, 5) is 25.5. The summed E-state index contributed by atoms with van der Waals surface area (Å²) in [5, 5.41) is 21.2. The van der Waals surface area contributed by atoms with Crippen LogP contribution in [0.1, 0.15) is 23.2 Å². The SMILES string of the molecule is O=C(OC1CC(CO)OC(N2C=CC(O)NC2=O)C1)c1ccccc1. The molecule has 4 atom stereocenters. The fourth-order valence-corrected chi connectivity index (χ4v) is 2.85. The lowest BCUT2D eigenvalue weighted by Crippen LogP contribution is -2.54. The van der Waals surface area contributed by atoms with Crippen molar-refractivity contribution in [1.29, 1.82) is 0 Å². The lowest BCUT2D eigenvalue weighted by Gasteiger charge is -2.40. The number of hydrogen-bond donors (Lipinski definition) is 3. The van der Waals surface area contributed by atoms with E-state index in [2.05, 4.69) is 5.32 Å². The zero-order valence-corrected chi connectivity index (χ0v) is 13.4. The number of hydrogen-bond acceptors (Lipinski definition) is 6. The van der Waals surface area contributed by atoms with Crippen LogP contribution in [0.2, 0.25) is 0 Å². The second-order valence-corrected chi connectivity index (χ2v) is 5.90. The fraction of sp³-hybridized carbons (Fsp3) is 0.412. The summed E-state index contributed by atoms with van der Waals surface area (Å²) in [6.07, 6.45) is 0.617. The molecule has 8 heteroatoms. The predicted molar refractivity (Wildman–Crippen MR) is 86.1 cm³/mol. The van der Waals surface area contributed by atoms with Gasteiger partial charge in [-0.25, -0.2) is 9.59 Å². The van der Waals surface area contributed by atoms with Crippen molar-refractivity contribution in [1.82, 2.24) is 10.2 Å². The molecular formula is C17H20N2O6. The molecule has 0 radical (unpaired) electrons. The molecule has 2 aliphatic heterocycles. The normalized spacial score (nSPS) is 29.2. The van der Waals surface area contributed by atoms with E-state index in [1.54, 1.807) is 30.3 Å². The van der Waals surface area contributed by atoms with E-state index in [1.807, 2.05) is 0 Å². The van der Waals surface area contributed by atoms with Crippen LogP contribution < -0.4 is 5.32 Å². The van der Waals surface area contributed by atoms with Gasteiger partial charge in [0, 0.05) is 19.0 Å². The highest BCUT2D eigenvalue weighted by molar-refractivity contribution is 5.89. The number of ether oxygens (including phenoxy) is 2. The molecule has 25 heavy (non-hydrogen) atoms. The highest BCUT2D eigenvalue weighted by Gasteiger charge is 2.37. The summed E-state index contributed by atoms with van der Waals surface area (Å²) >= 11 is 0. The standard InChI is InChI=1S/C17H20N2O6/c20-10-13-8-12(25-16(22)11-4-2-1-3-5-11)9-15(24-13)19-7-6-14(21)18-17(19)23/h1-7,12-15,20-21H,8-10H2,(H,18,23). The second-order valence-electron chi connectivity index (χ2n) is 5.90. The van der Waals surface area contributed by atoms with Crippen LogP contribution in [-0.2, 0) is 9.47 Å². The van der Waals surface area contributed by atoms with Gasteiger partial charge in [0.25, 0.3) is 0 Å². The molecule has 0 aromatic heterocycles. The Labute approximate surface area is 144 Å². The zero-order chi connectivity index (χ0) is 17.8. The number of carbonyl (C=O) groups is 2. The van der Waals surface area contributed by atoms with Gasteiger partial charge in [-0.15, -0.1) is 0 Å². The van der Waals surface area contributed by atoms with Gasteiger partial charge in [0.15, 0.2) is 0 Å². The molecule has 1 aromatic rings. The van der Waals surface area contributed by atoms with Crippen molar-refractivity contribution in [3.8, 4) is 0 Å². The maximum absolute atomic E-state index is 12.2. The number of esters is 1. The summed E-state index contributed by atoms with van der Waals surface area (Å²) in [7, 11) is 0. The monoisotopic (exact) mass is 348 g/mol. The average Bonchev–Trinajstić information content (AvgIpc) is 2.62. The van der Waals surface area contributed by atoms with E-state index in [1.165, 1.54) is 17.2 Å². The zero-order valence-electron chi connectivity index (χ0n) is 13.4. The highest BCUT2D eigenvalue weighted by Crippen LogP contribution is 2.26.